The number of benzene rings is 7. The summed E-state index contributed by atoms with van der Waals surface area (Å²) in [6.07, 6.45) is 0. The van der Waals surface area contributed by atoms with Crippen molar-refractivity contribution in [2.24, 2.45) is 0 Å². The zero-order chi connectivity index (χ0) is 32.6. The lowest BCUT2D eigenvalue weighted by molar-refractivity contribution is 0.670. The summed E-state index contributed by atoms with van der Waals surface area (Å²) in [5, 5.41) is 2.23. The van der Waals surface area contributed by atoms with Gasteiger partial charge in [-0.3, -0.25) is 0 Å². The summed E-state index contributed by atoms with van der Waals surface area (Å²) in [6, 6.07) is 63.2. The first kappa shape index (κ1) is 28.6. The molecular formula is C46H30N2O. The first-order valence-electron chi connectivity index (χ1n) is 16.5. The first-order chi connectivity index (χ1) is 24.3. The normalized spacial score (nSPS) is 11.3. The lowest BCUT2D eigenvalue weighted by Gasteiger charge is -2.13. The van der Waals surface area contributed by atoms with E-state index in [-0.39, 0.29) is 0 Å². The third kappa shape index (κ3) is 5.38. The second-order valence-corrected chi connectivity index (χ2v) is 12.2. The molecule has 2 heterocycles. The Balaban J connectivity index is 1.17. The second kappa shape index (κ2) is 12.2. The summed E-state index contributed by atoms with van der Waals surface area (Å²) in [4.78, 5) is 10.00. The van der Waals surface area contributed by atoms with Gasteiger partial charge in [0, 0.05) is 33.0 Å². The Morgan fingerprint density at radius 3 is 1.51 bits per heavy atom. The van der Waals surface area contributed by atoms with E-state index in [0.29, 0.717) is 5.82 Å². The molecule has 0 fully saturated rings. The van der Waals surface area contributed by atoms with Crippen molar-refractivity contribution >= 4 is 21.9 Å². The van der Waals surface area contributed by atoms with Crippen molar-refractivity contribution in [2.45, 2.75) is 0 Å². The number of fused-ring (bicyclic) bond motifs is 3. The van der Waals surface area contributed by atoms with Gasteiger partial charge in [-0.05, 0) is 46.0 Å². The van der Waals surface area contributed by atoms with Crippen molar-refractivity contribution in [3.63, 3.8) is 0 Å². The molecule has 230 valence electrons. The summed E-state index contributed by atoms with van der Waals surface area (Å²) >= 11 is 0. The van der Waals surface area contributed by atoms with Crippen molar-refractivity contribution in [3.8, 4) is 67.3 Å². The summed E-state index contributed by atoms with van der Waals surface area (Å²) in [6.45, 7) is 0. The minimum Gasteiger partial charge on any atom is -0.455 e. The van der Waals surface area contributed by atoms with Gasteiger partial charge in [-0.15, -0.1) is 0 Å². The molecule has 0 amide bonds. The predicted octanol–water partition coefficient (Wildman–Crippen LogP) is 12.4. The van der Waals surface area contributed by atoms with E-state index in [1.54, 1.807) is 0 Å². The molecule has 0 saturated heterocycles. The second-order valence-electron chi connectivity index (χ2n) is 12.2. The molecule has 0 aliphatic carbocycles. The van der Waals surface area contributed by atoms with E-state index in [4.69, 9.17) is 14.4 Å². The largest absolute Gasteiger partial charge is 0.455 e. The Kier molecular flexibility index (Phi) is 7.14. The molecule has 2 aromatic heterocycles. The fraction of sp³-hybridized carbons (Fsp3) is 0. The summed E-state index contributed by atoms with van der Waals surface area (Å²) < 4.78 is 6.60. The van der Waals surface area contributed by atoms with Crippen molar-refractivity contribution in [2.75, 3.05) is 0 Å². The van der Waals surface area contributed by atoms with Gasteiger partial charge in [-0.1, -0.05) is 164 Å². The first-order valence-corrected chi connectivity index (χ1v) is 16.5. The predicted molar refractivity (Wildman–Crippen MR) is 202 cm³/mol. The Labute approximate surface area is 284 Å². The van der Waals surface area contributed by atoms with Crippen molar-refractivity contribution in [1.82, 2.24) is 9.97 Å². The molecule has 0 spiro atoms. The van der Waals surface area contributed by atoms with Crippen LogP contribution in [0, 0.1) is 0 Å². The number of nitrogens with zero attached hydrogens (tertiary/aromatic N) is 2. The molecule has 0 saturated carbocycles. The van der Waals surface area contributed by atoms with Crippen LogP contribution in [0.25, 0.3) is 89.2 Å². The lowest BCUT2D eigenvalue weighted by Crippen LogP contribution is -1.96. The highest BCUT2D eigenvalue weighted by Crippen LogP contribution is 2.43. The zero-order valence-corrected chi connectivity index (χ0v) is 26.6. The third-order valence-corrected chi connectivity index (χ3v) is 9.15. The maximum absolute atomic E-state index is 6.60. The van der Waals surface area contributed by atoms with E-state index >= 15 is 0 Å². The Morgan fingerprint density at radius 2 is 0.837 bits per heavy atom. The summed E-state index contributed by atoms with van der Waals surface area (Å²) in [7, 11) is 0. The minimum atomic E-state index is 0.706. The van der Waals surface area contributed by atoms with Crippen LogP contribution >= 0.6 is 0 Å². The molecule has 0 radical (unpaired) electrons. The smallest absolute Gasteiger partial charge is 0.160 e. The monoisotopic (exact) mass is 626 g/mol. The molecule has 0 atom stereocenters. The van der Waals surface area contributed by atoms with Gasteiger partial charge in [-0.25, -0.2) is 9.97 Å². The average molecular weight is 627 g/mol. The average Bonchev–Trinajstić information content (AvgIpc) is 3.57. The van der Waals surface area contributed by atoms with Gasteiger partial charge in [0.1, 0.15) is 11.2 Å². The Morgan fingerprint density at radius 1 is 0.347 bits per heavy atom. The van der Waals surface area contributed by atoms with Crippen LogP contribution in [0.5, 0.6) is 0 Å². The molecule has 0 bridgehead atoms. The van der Waals surface area contributed by atoms with Crippen molar-refractivity contribution in [1.29, 1.82) is 0 Å². The zero-order valence-electron chi connectivity index (χ0n) is 26.6. The van der Waals surface area contributed by atoms with Crippen molar-refractivity contribution < 1.29 is 4.42 Å². The number of rotatable bonds is 6. The number of aromatic nitrogens is 2. The number of para-hydroxylation sites is 1. The molecule has 0 N–H and O–H groups in total. The van der Waals surface area contributed by atoms with E-state index in [9.17, 15) is 0 Å². The number of hydrogen-bond donors (Lipinski definition) is 0. The van der Waals surface area contributed by atoms with Gasteiger partial charge in [0.05, 0.1) is 11.4 Å². The highest BCUT2D eigenvalue weighted by Gasteiger charge is 2.18. The SMILES string of the molecule is c1ccc(-c2ccc(-c3c(-c4ccc(-c5cc(-c6ccccc6)nc(-c6ccccc6)n5)cc4)ccc4c3oc3ccccc34)cc2)cc1. The van der Waals surface area contributed by atoms with E-state index in [0.717, 1.165) is 72.3 Å². The molecule has 0 aliphatic rings. The molecule has 9 rings (SSSR count). The highest BCUT2D eigenvalue weighted by atomic mass is 16.3. The maximum atomic E-state index is 6.60. The number of furan rings is 1. The molecule has 0 aliphatic heterocycles. The minimum absolute atomic E-state index is 0.706. The Hall–Kier alpha value is -6.58. The van der Waals surface area contributed by atoms with Gasteiger partial charge >= 0.3 is 0 Å². The van der Waals surface area contributed by atoms with E-state index in [1.165, 1.54) is 11.1 Å². The summed E-state index contributed by atoms with van der Waals surface area (Å²) in [5.74, 6) is 0.706. The standard InChI is InChI=1S/C46H30N2O/c1-4-12-31(13-5-1)32-20-26-36(27-21-32)44-38(28-29-40-39-18-10-11-19-43(39)49-45(40)44)33-22-24-35(25-23-33)42-30-41(34-14-6-2-7-15-34)47-46(48-42)37-16-8-3-9-17-37/h1-30H. The fourth-order valence-electron chi connectivity index (χ4n) is 6.66. The fourth-order valence-corrected chi connectivity index (χ4v) is 6.66. The highest BCUT2D eigenvalue weighted by molar-refractivity contribution is 6.12. The van der Waals surface area contributed by atoms with Gasteiger partial charge < -0.3 is 4.42 Å². The van der Waals surface area contributed by atoms with Crippen LogP contribution in [0.15, 0.2) is 186 Å². The molecule has 3 heteroatoms. The van der Waals surface area contributed by atoms with E-state index in [2.05, 4.69) is 127 Å². The molecule has 7 aromatic carbocycles. The van der Waals surface area contributed by atoms with Crippen LogP contribution in [-0.4, -0.2) is 9.97 Å². The van der Waals surface area contributed by atoms with Gasteiger partial charge in [-0.2, -0.15) is 0 Å². The van der Waals surface area contributed by atoms with E-state index in [1.807, 2.05) is 54.6 Å². The number of hydrogen-bond acceptors (Lipinski definition) is 3. The van der Waals surface area contributed by atoms with Gasteiger partial charge in [0.25, 0.3) is 0 Å². The molecule has 3 nitrogen and oxygen atoms in total. The van der Waals surface area contributed by atoms with Crippen LogP contribution < -0.4 is 0 Å². The van der Waals surface area contributed by atoms with Gasteiger partial charge in [0.2, 0.25) is 0 Å². The van der Waals surface area contributed by atoms with Crippen LogP contribution in [-0.2, 0) is 0 Å². The van der Waals surface area contributed by atoms with Crippen LogP contribution in [0.1, 0.15) is 0 Å². The van der Waals surface area contributed by atoms with Crippen LogP contribution in [0.3, 0.4) is 0 Å². The third-order valence-electron chi connectivity index (χ3n) is 9.15. The lowest BCUT2D eigenvalue weighted by atomic mass is 9.91. The summed E-state index contributed by atoms with van der Waals surface area (Å²) in [5.41, 5.74) is 13.4. The van der Waals surface area contributed by atoms with Crippen LogP contribution in [0.4, 0.5) is 0 Å². The maximum Gasteiger partial charge on any atom is 0.160 e. The molecule has 9 aromatic rings. The Bertz CT molecular complexity index is 2500. The molecular weight excluding hydrogens is 597 g/mol. The molecule has 49 heavy (non-hydrogen) atoms. The quantitative estimate of drug-likeness (QED) is 0.184. The molecule has 0 unspecified atom stereocenters. The topological polar surface area (TPSA) is 38.9 Å². The van der Waals surface area contributed by atoms with E-state index < -0.39 is 0 Å². The van der Waals surface area contributed by atoms with Gasteiger partial charge in [0.15, 0.2) is 5.82 Å². The van der Waals surface area contributed by atoms with Crippen molar-refractivity contribution in [3.05, 3.63) is 182 Å². The van der Waals surface area contributed by atoms with Crippen LogP contribution in [0.2, 0.25) is 0 Å².